The second-order valence-corrected chi connectivity index (χ2v) is 7.39. The summed E-state index contributed by atoms with van der Waals surface area (Å²) in [6.07, 6.45) is 2.70. The Hall–Kier alpha value is -2.50. The van der Waals surface area contributed by atoms with Gasteiger partial charge in [-0.3, -0.25) is 9.59 Å². The van der Waals surface area contributed by atoms with Crippen molar-refractivity contribution < 1.29 is 28.2 Å². The highest BCUT2D eigenvalue weighted by Crippen LogP contribution is 2.43. The molecule has 150 valence electrons. The number of benzene rings is 1. The Morgan fingerprint density at radius 3 is 2.79 bits per heavy atom. The molecule has 2 aliphatic rings. The molecule has 6 heteroatoms. The molecule has 1 aromatic carbocycles. The quantitative estimate of drug-likeness (QED) is 0.500. The number of unbranched alkanes of at least 4 members (excludes halogenated alkanes) is 1. The number of carbonyl (C=O) groups is 3. The summed E-state index contributed by atoms with van der Waals surface area (Å²) in [5.74, 6) is -1.87. The third-order valence-corrected chi connectivity index (χ3v) is 5.42. The summed E-state index contributed by atoms with van der Waals surface area (Å²) in [6.45, 7) is 1.94. The molecule has 28 heavy (non-hydrogen) atoms. The molecule has 0 amide bonds. The second kappa shape index (κ2) is 9.13. The van der Waals surface area contributed by atoms with Crippen LogP contribution in [0.2, 0.25) is 0 Å². The molecule has 0 aromatic heterocycles. The van der Waals surface area contributed by atoms with Crippen LogP contribution < -0.4 is 0 Å². The summed E-state index contributed by atoms with van der Waals surface area (Å²) in [4.78, 5) is 36.1. The number of esters is 2. The van der Waals surface area contributed by atoms with Gasteiger partial charge in [0, 0.05) is 18.3 Å². The first-order valence-electron chi connectivity index (χ1n) is 9.81. The minimum atomic E-state index is -1.53. The van der Waals surface area contributed by atoms with Gasteiger partial charge in [-0.2, -0.15) is 0 Å². The summed E-state index contributed by atoms with van der Waals surface area (Å²) in [5, 5.41) is 0. The maximum absolute atomic E-state index is 14.0. The van der Waals surface area contributed by atoms with Gasteiger partial charge in [-0.1, -0.05) is 44.0 Å². The molecule has 5 unspecified atom stereocenters. The number of carbonyl (C=O) groups excluding carboxylic acids is 3. The standard InChI is InChI=1S/C22H25FO5/c1-2-3-9-17(23)18(24)11-10-15-16-12-21(25)27-20(16)13-19(15)28-22(26)14-7-5-4-6-8-14/h4-8,10-11,15-17,19-20H,2-3,9,12-13H2,1H3/b11-10+. The number of hydrogen-bond donors (Lipinski definition) is 0. The van der Waals surface area contributed by atoms with E-state index in [0.29, 0.717) is 18.4 Å². The highest BCUT2D eigenvalue weighted by molar-refractivity contribution is 5.93. The van der Waals surface area contributed by atoms with Crippen molar-refractivity contribution in [3.8, 4) is 0 Å². The number of fused-ring (bicyclic) bond motifs is 1. The number of allylic oxidation sites excluding steroid dienone is 1. The van der Waals surface area contributed by atoms with Crippen LogP contribution in [0.5, 0.6) is 0 Å². The minimum absolute atomic E-state index is 0.168. The van der Waals surface area contributed by atoms with E-state index in [0.717, 1.165) is 6.42 Å². The van der Waals surface area contributed by atoms with Gasteiger partial charge in [-0.15, -0.1) is 0 Å². The number of halogens is 1. The summed E-state index contributed by atoms with van der Waals surface area (Å²) in [5.41, 5.74) is 0.429. The second-order valence-electron chi connectivity index (χ2n) is 7.39. The molecule has 1 aliphatic carbocycles. The van der Waals surface area contributed by atoms with E-state index in [4.69, 9.17) is 9.47 Å². The van der Waals surface area contributed by atoms with Crippen LogP contribution in [0, 0.1) is 11.8 Å². The molecule has 1 saturated carbocycles. The molecule has 1 heterocycles. The molecule has 5 nitrogen and oxygen atoms in total. The van der Waals surface area contributed by atoms with E-state index in [-0.39, 0.29) is 36.8 Å². The lowest BCUT2D eigenvalue weighted by Gasteiger charge is -2.20. The van der Waals surface area contributed by atoms with Crippen LogP contribution in [0.1, 0.15) is 49.4 Å². The molecular weight excluding hydrogens is 363 g/mol. The number of ether oxygens (including phenoxy) is 2. The zero-order valence-electron chi connectivity index (χ0n) is 15.9. The fraction of sp³-hybridized carbons (Fsp3) is 0.500. The molecule has 5 atom stereocenters. The van der Waals surface area contributed by atoms with Crippen molar-refractivity contribution in [3.63, 3.8) is 0 Å². The van der Waals surface area contributed by atoms with E-state index in [9.17, 15) is 18.8 Å². The van der Waals surface area contributed by atoms with E-state index in [1.165, 1.54) is 6.08 Å². The Bertz CT molecular complexity index is 745. The Labute approximate surface area is 163 Å². The van der Waals surface area contributed by atoms with Crippen LogP contribution in [0.3, 0.4) is 0 Å². The summed E-state index contributed by atoms with van der Waals surface area (Å²) >= 11 is 0. The minimum Gasteiger partial charge on any atom is -0.462 e. The molecule has 0 N–H and O–H groups in total. The first-order chi connectivity index (χ1) is 13.5. The van der Waals surface area contributed by atoms with Gasteiger partial charge in [0.1, 0.15) is 12.2 Å². The molecular formula is C22H25FO5. The van der Waals surface area contributed by atoms with Gasteiger partial charge >= 0.3 is 11.9 Å². The highest BCUT2D eigenvalue weighted by atomic mass is 19.1. The zero-order chi connectivity index (χ0) is 20.1. The zero-order valence-corrected chi connectivity index (χ0v) is 15.9. The molecule has 1 aromatic rings. The van der Waals surface area contributed by atoms with Crippen LogP contribution in [0.25, 0.3) is 0 Å². The lowest BCUT2D eigenvalue weighted by molar-refractivity contribution is -0.141. The molecule has 1 aliphatic heterocycles. The lowest BCUT2D eigenvalue weighted by Crippen LogP contribution is -2.25. The Kier molecular flexibility index (Phi) is 6.60. The van der Waals surface area contributed by atoms with Gasteiger partial charge in [0.25, 0.3) is 0 Å². The number of alkyl halides is 1. The van der Waals surface area contributed by atoms with Gasteiger partial charge in [0.05, 0.1) is 12.0 Å². The van der Waals surface area contributed by atoms with Crippen molar-refractivity contribution in [2.75, 3.05) is 0 Å². The first-order valence-corrected chi connectivity index (χ1v) is 9.81. The Morgan fingerprint density at radius 2 is 2.07 bits per heavy atom. The van der Waals surface area contributed by atoms with E-state index in [1.54, 1.807) is 36.4 Å². The lowest BCUT2D eigenvalue weighted by atomic mass is 9.91. The van der Waals surface area contributed by atoms with E-state index >= 15 is 0 Å². The maximum Gasteiger partial charge on any atom is 0.338 e. The number of ketones is 1. The van der Waals surface area contributed by atoms with Crippen LogP contribution in [-0.4, -0.2) is 36.1 Å². The third kappa shape index (κ3) is 4.66. The van der Waals surface area contributed by atoms with Gasteiger partial charge in [-0.05, 0) is 24.6 Å². The summed E-state index contributed by atoms with van der Waals surface area (Å²) < 4.78 is 24.9. The average Bonchev–Trinajstić information content (AvgIpc) is 3.20. The number of hydrogen-bond acceptors (Lipinski definition) is 5. The fourth-order valence-corrected chi connectivity index (χ4v) is 3.91. The maximum atomic E-state index is 14.0. The van der Waals surface area contributed by atoms with Crippen molar-refractivity contribution >= 4 is 17.7 Å². The molecule has 0 spiro atoms. The predicted molar refractivity (Wildman–Crippen MR) is 100 cm³/mol. The molecule has 1 saturated heterocycles. The Morgan fingerprint density at radius 1 is 1.32 bits per heavy atom. The van der Waals surface area contributed by atoms with Gasteiger partial charge < -0.3 is 9.47 Å². The SMILES string of the molecule is CCCCC(F)C(=O)/C=C/C1C(OC(=O)c2ccccc2)CC2OC(=O)CC21. The largest absolute Gasteiger partial charge is 0.462 e. The van der Waals surface area contributed by atoms with Crippen molar-refractivity contribution in [1.29, 1.82) is 0 Å². The van der Waals surface area contributed by atoms with Crippen molar-refractivity contribution in [2.45, 2.75) is 57.4 Å². The molecule has 3 rings (SSSR count). The van der Waals surface area contributed by atoms with Crippen LogP contribution in [-0.2, 0) is 19.1 Å². The first kappa shape index (κ1) is 20.2. The van der Waals surface area contributed by atoms with Crippen molar-refractivity contribution in [3.05, 3.63) is 48.0 Å². The highest BCUT2D eigenvalue weighted by Gasteiger charge is 2.50. The normalized spacial score (nSPS) is 27.4. The average molecular weight is 388 g/mol. The van der Waals surface area contributed by atoms with E-state index < -0.39 is 24.0 Å². The van der Waals surface area contributed by atoms with Gasteiger partial charge in [-0.25, -0.2) is 9.18 Å². The van der Waals surface area contributed by atoms with Crippen molar-refractivity contribution in [1.82, 2.24) is 0 Å². The monoisotopic (exact) mass is 388 g/mol. The summed E-state index contributed by atoms with van der Waals surface area (Å²) in [6, 6.07) is 8.62. The fourth-order valence-electron chi connectivity index (χ4n) is 3.91. The molecule has 0 radical (unpaired) electrons. The van der Waals surface area contributed by atoms with Crippen LogP contribution in [0.15, 0.2) is 42.5 Å². The van der Waals surface area contributed by atoms with Gasteiger partial charge in [0.2, 0.25) is 0 Å². The van der Waals surface area contributed by atoms with Crippen molar-refractivity contribution in [2.24, 2.45) is 11.8 Å². The molecule has 0 bridgehead atoms. The predicted octanol–water partition coefficient (Wildman–Crippen LogP) is 3.82. The van der Waals surface area contributed by atoms with Crippen LogP contribution in [0.4, 0.5) is 4.39 Å². The topological polar surface area (TPSA) is 69.7 Å². The van der Waals surface area contributed by atoms with Gasteiger partial charge in [0.15, 0.2) is 12.0 Å². The summed E-state index contributed by atoms with van der Waals surface area (Å²) in [7, 11) is 0. The third-order valence-electron chi connectivity index (χ3n) is 5.42. The smallest absolute Gasteiger partial charge is 0.338 e. The van der Waals surface area contributed by atoms with E-state index in [2.05, 4.69) is 0 Å². The number of rotatable bonds is 8. The molecule has 2 fully saturated rings. The van der Waals surface area contributed by atoms with Crippen LogP contribution >= 0.6 is 0 Å². The van der Waals surface area contributed by atoms with E-state index in [1.807, 2.05) is 6.92 Å². The Balaban J connectivity index is 1.70.